The summed E-state index contributed by atoms with van der Waals surface area (Å²) in [6.45, 7) is 2.41. The van der Waals surface area contributed by atoms with Crippen molar-refractivity contribution in [2.75, 3.05) is 0 Å². The summed E-state index contributed by atoms with van der Waals surface area (Å²) >= 11 is 0. The summed E-state index contributed by atoms with van der Waals surface area (Å²) in [4.78, 5) is 0. The zero-order valence-corrected chi connectivity index (χ0v) is 21.8. The van der Waals surface area contributed by atoms with Crippen LogP contribution in [0.1, 0.15) is 180 Å². The summed E-state index contributed by atoms with van der Waals surface area (Å²) in [5, 5.41) is 0. The van der Waals surface area contributed by atoms with Crippen LogP contribution in [-0.4, -0.2) is 0 Å². The Balaban J connectivity index is 0.000000166. The Hall–Kier alpha value is 0. The third-order valence-electron chi connectivity index (χ3n) is 8.88. The number of hydrogen-bond acceptors (Lipinski definition) is 0. The van der Waals surface area contributed by atoms with Crippen LogP contribution in [-0.2, 0) is 0 Å². The van der Waals surface area contributed by atoms with Crippen molar-refractivity contribution in [2.24, 2.45) is 17.8 Å². The minimum absolute atomic E-state index is 1.03. The van der Waals surface area contributed by atoms with Gasteiger partial charge in [0.15, 0.2) is 0 Å². The van der Waals surface area contributed by atoms with E-state index in [-0.39, 0.29) is 0 Å². The molecule has 184 valence electrons. The molecule has 0 heterocycles. The van der Waals surface area contributed by atoms with Gasteiger partial charge in [0.1, 0.15) is 0 Å². The van der Waals surface area contributed by atoms with Gasteiger partial charge < -0.3 is 0 Å². The lowest BCUT2D eigenvalue weighted by atomic mass is 9.68. The summed E-state index contributed by atoms with van der Waals surface area (Å²) in [6.07, 6.45) is 40.8. The molecule has 0 heteroatoms. The van der Waals surface area contributed by atoms with Crippen LogP contribution in [0.4, 0.5) is 0 Å². The lowest BCUT2D eigenvalue weighted by molar-refractivity contribution is 0.143. The van der Waals surface area contributed by atoms with Crippen LogP contribution < -0.4 is 0 Å². The van der Waals surface area contributed by atoms with E-state index in [9.17, 15) is 0 Å². The molecule has 0 aromatic heterocycles. The topological polar surface area (TPSA) is 0 Å². The van der Waals surface area contributed by atoms with Crippen LogP contribution in [0.15, 0.2) is 0 Å². The lowest BCUT2D eigenvalue weighted by Gasteiger charge is -2.37. The van der Waals surface area contributed by atoms with Crippen molar-refractivity contribution < 1.29 is 0 Å². The maximum Gasteiger partial charge on any atom is -0.0386 e. The molecule has 0 bridgehead atoms. The molecule has 0 nitrogen and oxygen atoms in total. The highest BCUT2D eigenvalue weighted by Gasteiger charge is 2.29. The fraction of sp³-hybridized carbons (Fsp3) is 1.00. The van der Waals surface area contributed by atoms with Crippen LogP contribution in [0.2, 0.25) is 0 Å². The van der Waals surface area contributed by atoms with Crippen LogP contribution in [0.5, 0.6) is 0 Å². The van der Waals surface area contributed by atoms with Crippen molar-refractivity contribution in [3.63, 3.8) is 0 Å². The van der Waals surface area contributed by atoms with Gasteiger partial charge in [-0.15, -0.1) is 0 Å². The van der Waals surface area contributed by atoms with E-state index in [1.807, 2.05) is 0 Å². The van der Waals surface area contributed by atoms with Crippen molar-refractivity contribution in [3.05, 3.63) is 0 Å². The minimum Gasteiger partial charge on any atom is -0.0625 e. The standard InChI is InChI=1S/C11H20.2C10H20/c1-9-5-7-11(8-6-9)10-3-2-4-10;2*1-2-4-6-8-10-9-7-5-3-1/h9-11H,2-8H2,1H3;2*1-10H2. The second kappa shape index (κ2) is 19.5. The van der Waals surface area contributed by atoms with Crippen LogP contribution in [0, 0.1) is 17.8 Å². The van der Waals surface area contributed by atoms with Gasteiger partial charge >= 0.3 is 0 Å². The van der Waals surface area contributed by atoms with Gasteiger partial charge in [-0.2, -0.15) is 0 Å². The number of rotatable bonds is 1. The van der Waals surface area contributed by atoms with E-state index in [0.717, 1.165) is 17.8 Å². The molecule has 31 heavy (non-hydrogen) atoms. The molecule has 0 aromatic carbocycles. The molecule has 4 saturated carbocycles. The summed E-state index contributed by atoms with van der Waals surface area (Å²) in [5.74, 6) is 3.33. The van der Waals surface area contributed by atoms with E-state index in [1.165, 1.54) is 148 Å². The Labute approximate surface area is 198 Å². The second-order valence-electron chi connectivity index (χ2n) is 11.8. The SMILES string of the molecule is C1CCCCCCCCC1.C1CCCCCCCCC1.CC1CCC(C2CCC2)CC1. The predicted molar refractivity (Wildman–Crippen MR) is 141 cm³/mol. The Morgan fingerprint density at radius 1 is 0.258 bits per heavy atom. The Morgan fingerprint density at radius 3 is 0.677 bits per heavy atom. The lowest BCUT2D eigenvalue weighted by Crippen LogP contribution is -2.25. The normalized spacial score (nSPS) is 29.7. The van der Waals surface area contributed by atoms with E-state index in [4.69, 9.17) is 0 Å². The smallest absolute Gasteiger partial charge is 0.0386 e. The Kier molecular flexibility index (Phi) is 17.1. The monoisotopic (exact) mass is 432 g/mol. The Bertz CT molecular complexity index is 274. The predicted octanol–water partition coefficient (Wildman–Crippen LogP) is 11.4. The van der Waals surface area contributed by atoms with Crippen LogP contribution >= 0.6 is 0 Å². The van der Waals surface area contributed by atoms with E-state index in [0.29, 0.717) is 0 Å². The van der Waals surface area contributed by atoms with Gasteiger partial charge in [0.2, 0.25) is 0 Å². The highest BCUT2D eigenvalue weighted by Crippen LogP contribution is 2.42. The zero-order chi connectivity index (χ0) is 21.8. The summed E-state index contributed by atoms with van der Waals surface area (Å²) in [7, 11) is 0. The quantitative estimate of drug-likeness (QED) is 0.386. The van der Waals surface area contributed by atoms with E-state index in [1.54, 1.807) is 25.7 Å². The minimum atomic E-state index is 1.03. The molecule has 4 aliphatic carbocycles. The second-order valence-corrected chi connectivity index (χ2v) is 11.8. The Morgan fingerprint density at radius 2 is 0.484 bits per heavy atom. The summed E-state index contributed by atoms with van der Waals surface area (Å²) in [5.41, 5.74) is 0. The summed E-state index contributed by atoms with van der Waals surface area (Å²) in [6, 6.07) is 0. The van der Waals surface area contributed by atoms with Crippen molar-refractivity contribution in [3.8, 4) is 0 Å². The third kappa shape index (κ3) is 14.7. The van der Waals surface area contributed by atoms with Gasteiger partial charge in [0, 0.05) is 0 Å². The molecule has 0 spiro atoms. The molecule has 0 saturated heterocycles. The largest absolute Gasteiger partial charge is 0.0625 e. The van der Waals surface area contributed by atoms with Gasteiger partial charge in [-0.25, -0.2) is 0 Å². The zero-order valence-electron chi connectivity index (χ0n) is 21.8. The van der Waals surface area contributed by atoms with Crippen LogP contribution in [0.25, 0.3) is 0 Å². The average molecular weight is 433 g/mol. The molecule has 0 amide bonds. The first-order chi connectivity index (χ1) is 15.4. The van der Waals surface area contributed by atoms with E-state index in [2.05, 4.69) is 6.92 Å². The first kappa shape index (κ1) is 27.2. The molecule has 0 unspecified atom stereocenters. The molecule has 4 rings (SSSR count). The fourth-order valence-corrected chi connectivity index (χ4v) is 6.20. The van der Waals surface area contributed by atoms with Crippen molar-refractivity contribution in [2.45, 2.75) is 180 Å². The molecule has 0 aromatic rings. The first-order valence-electron chi connectivity index (χ1n) is 15.4. The molecule has 0 atom stereocenters. The average Bonchev–Trinajstić information content (AvgIpc) is 2.78. The van der Waals surface area contributed by atoms with Gasteiger partial charge in [-0.3, -0.25) is 0 Å². The summed E-state index contributed by atoms with van der Waals surface area (Å²) < 4.78 is 0. The third-order valence-corrected chi connectivity index (χ3v) is 8.88. The molecule has 0 radical (unpaired) electrons. The molecule has 4 aliphatic rings. The molecule has 0 N–H and O–H groups in total. The van der Waals surface area contributed by atoms with E-state index >= 15 is 0 Å². The van der Waals surface area contributed by atoms with Gasteiger partial charge in [-0.05, 0) is 30.6 Å². The molecular formula is C31H60. The number of hydrogen-bond donors (Lipinski definition) is 0. The molecular weight excluding hydrogens is 372 g/mol. The van der Waals surface area contributed by atoms with E-state index < -0.39 is 0 Å². The fourth-order valence-electron chi connectivity index (χ4n) is 6.20. The highest BCUT2D eigenvalue weighted by molar-refractivity contribution is 4.81. The van der Waals surface area contributed by atoms with Crippen molar-refractivity contribution >= 4 is 0 Å². The first-order valence-corrected chi connectivity index (χ1v) is 15.4. The maximum atomic E-state index is 2.41. The van der Waals surface area contributed by atoms with Crippen molar-refractivity contribution in [1.29, 1.82) is 0 Å². The molecule has 0 aliphatic heterocycles. The van der Waals surface area contributed by atoms with Crippen molar-refractivity contribution in [1.82, 2.24) is 0 Å². The van der Waals surface area contributed by atoms with Gasteiger partial charge in [-0.1, -0.05) is 167 Å². The van der Waals surface area contributed by atoms with Gasteiger partial charge in [0.05, 0.1) is 0 Å². The highest BCUT2D eigenvalue weighted by atomic mass is 14.3. The molecule has 4 fully saturated rings. The van der Waals surface area contributed by atoms with Crippen LogP contribution in [0.3, 0.4) is 0 Å². The van der Waals surface area contributed by atoms with Gasteiger partial charge in [0.25, 0.3) is 0 Å². The maximum absolute atomic E-state index is 2.41.